The molecule has 116 valence electrons. The molecule has 2 aliphatic rings. The van der Waals surface area contributed by atoms with Gasteiger partial charge in [-0.1, -0.05) is 31.0 Å². The van der Waals surface area contributed by atoms with Crippen molar-refractivity contribution in [1.29, 1.82) is 0 Å². The highest BCUT2D eigenvalue weighted by atomic mass is 32.2. The molecule has 3 rings (SSSR count). The van der Waals surface area contributed by atoms with Crippen LogP contribution in [0.2, 0.25) is 0 Å². The fourth-order valence-corrected chi connectivity index (χ4v) is 4.70. The Kier molecular flexibility index (Phi) is 6.02. The number of nitrogens with one attached hydrogen (secondary N) is 2. The summed E-state index contributed by atoms with van der Waals surface area (Å²) in [7, 11) is 0. The van der Waals surface area contributed by atoms with Crippen LogP contribution < -0.4 is 10.6 Å². The Bertz CT molecular complexity index is 403. The Labute approximate surface area is 133 Å². The SMILES string of the molecule is c1ccc(SCCNC2CCCC2C2CCCCN2)cc1. The van der Waals surface area contributed by atoms with Gasteiger partial charge in [-0.25, -0.2) is 0 Å². The highest BCUT2D eigenvalue weighted by Gasteiger charge is 2.33. The van der Waals surface area contributed by atoms with E-state index in [0.29, 0.717) is 0 Å². The first kappa shape index (κ1) is 15.4. The molecule has 3 unspecified atom stereocenters. The third-order valence-electron chi connectivity index (χ3n) is 4.96. The molecule has 3 heteroatoms. The Morgan fingerprint density at radius 2 is 1.95 bits per heavy atom. The molecule has 1 saturated heterocycles. The standard InChI is InChI=1S/C18H28N2S/c1-2-7-15(8-3-1)21-14-13-20-18-11-6-9-16(18)17-10-4-5-12-19-17/h1-3,7-8,16-20H,4-6,9-14H2. The lowest BCUT2D eigenvalue weighted by molar-refractivity contribution is 0.259. The zero-order chi connectivity index (χ0) is 14.3. The maximum atomic E-state index is 3.84. The second kappa shape index (κ2) is 8.21. The molecular weight excluding hydrogens is 276 g/mol. The molecule has 1 aromatic carbocycles. The summed E-state index contributed by atoms with van der Waals surface area (Å²) in [6.07, 6.45) is 8.38. The third-order valence-corrected chi connectivity index (χ3v) is 5.97. The molecule has 1 heterocycles. The van der Waals surface area contributed by atoms with E-state index < -0.39 is 0 Å². The van der Waals surface area contributed by atoms with Crippen molar-refractivity contribution in [2.75, 3.05) is 18.8 Å². The summed E-state index contributed by atoms with van der Waals surface area (Å²) in [4.78, 5) is 1.39. The monoisotopic (exact) mass is 304 g/mol. The molecule has 2 nitrogen and oxygen atoms in total. The van der Waals surface area contributed by atoms with Gasteiger partial charge in [0.25, 0.3) is 0 Å². The van der Waals surface area contributed by atoms with Crippen LogP contribution in [0.4, 0.5) is 0 Å². The smallest absolute Gasteiger partial charge is 0.0110 e. The maximum absolute atomic E-state index is 3.84. The van der Waals surface area contributed by atoms with Crippen LogP contribution in [0.5, 0.6) is 0 Å². The number of hydrogen-bond acceptors (Lipinski definition) is 3. The van der Waals surface area contributed by atoms with Crippen molar-refractivity contribution in [3.05, 3.63) is 30.3 Å². The summed E-state index contributed by atoms with van der Waals surface area (Å²) < 4.78 is 0. The average Bonchev–Trinajstić information content (AvgIpc) is 3.02. The van der Waals surface area contributed by atoms with Gasteiger partial charge in [0.1, 0.15) is 0 Å². The van der Waals surface area contributed by atoms with Crippen molar-refractivity contribution in [2.24, 2.45) is 5.92 Å². The van der Waals surface area contributed by atoms with Gasteiger partial charge in [-0.15, -0.1) is 11.8 Å². The number of hydrogen-bond donors (Lipinski definition) is 2. The summed E-state index contributed by atoms with van der Waals surface area (Å²) >= 11 is 1.96. The first-order valence-corrected chi connectivity index (χ1v) is 9.56. The van der Waals surface area contributed by atoms with E-state index in [4.69, 9.17) is 0 Å². The Morgan fingerprint density at radius 3 is 2.76 bits per heavy atom. The molecule has 0 amide bonds. The lowest BCUT2D eigenvalue weighted by Crippen LogP contribution is -2.47. The molecular formula is C18H28N2S. The fourth-order valence-electron chi connectivity index (χ4n) is 3.90. The highest BCUT2D eigenvalue weighted by Crippen LogP contribution is 2.31. The van der Waals surface area contributed by atoms with E-state index in [1.165, 1.54) is 55.7 Å². The number of rotatable bonds is 6. The van der Waals surface area contributed by atoms with Crippen molar-refractivity contribution in [1.82, 2.24) is 10.6 Å². The van der Waals surface area contributed by atoms with Crippen molar-refractivity contribution in [3.8, 4) is 0 Å². The van der Waals surface area contributed by atoms with Crippen LogP contribution in [0.25, 0.3) is 0 Å². The zero-order valence-electron chi connectivity index (χ0n) is 12.9. The minimum Gasteiger partial charge on any atom is -0.314 e. The number of thioether (sulfide) groups is 1. The predicted octanol–water partition coefficient (Wildman–Crippen LogP) is 3.68. The lowest BCUT2D eigenvalue weighted by Gasteiger charge is -2.33. The van der Waals surface area contributed by atoms with Crippen molar-refractivity contribution in [2.45, 2.75) is 55.5 Å². The number of benzene rings is 1. The first-order chi connectivity index (χ1) is 10.4. The lowest BCUT2D eigenvalue weighted by atomic mass is 9.88. The molecule has 2 fully saturated rings. The minimum absolute atomic E-state index is 0.747. The van der Waals surface area contributed by atoms with E-state index in [1.807, 2.05) is 11.8 Å². The summed E-state index contributed by atoms with van der Waals surface area (Å²) in [6.45, 7) is 2.37. The van der Waals surface area contributed by atoms with Gasteiger partial charge in [0.15, 0.2) is 0 Å². The summed E-state index contributed by atoms with van der Waals surface area (Å²) in [5.74, 6) is 2.04. The average molecular weight is 305 g/mol. The molecule has 1 aromatic rings. The second-order valence-electron chi connectivity index (χ2n) is 6.37. The molecule has 3 atom stereocenters. The summed E-state index contributed by atoms with van der Waals surface area (Å²) in [5.41, 5.74) is 0. The molecule has 21 heavy (non-hydrogen) atoms. The Morgan fingerprint density at radius 1 is 1.05 bits per heavy atom. The summed E-state index contributed by atoms with van der Waals surface area (Å²) in [5, 5.41) is 7.60. The van der Waals surface area contributed by atoms with E-state index in [0.717, 1.165) is 24.5 Å². The zero-order valence-corrected chi connectivity index (χ0v) is 13.7. The third kappa shape index (κ3) is 4.48. The van der Waals surface area contributed by atoms with Gasteiger partial charge in [0, 0.05) is 29.3 Å². The molecule has 1 aliphatic heterocycles. The van der Waals surface area contributed by atoms with E-state index >= 15 is 0 Å². The molecule has 0 aromatic heterocycles. The van der Waals surface area contributed by atoms with Crippen LogP contribution >= 0.6 is 11.8 Å². The van der Waals surface area contributed by atoms with Gasteiger partial charge in [-0.3, -0.25) is 0 Å². The largest absolute Gasteiger partial charge is 0.314 e. The van der Waals surface area contributed by atoms with Crippen LogP contribution in [-0.2, 0) is 0 Å². The number of piperidine rings is 1. The van der Waals surface area contributed by atoms with Crippen LogP contribution in [0.3, 0.4) is 0 Å². The Hall–Kier alpha value is -0.510. The van der Waals surface area contributed by atoms with E-state index in [-0.39, 0.29) is 0 Å². The topological polar surface area (TPSA) is 24.1 Å². The van der Waals surface area contributed by atoms with Crippen LogP contribution in [0.15, 0.2) is 35.2 Å². The van der Waals surface area contributed by atoms with Crippen LogP contribution in [0, 0.1) is 5.92 Å². The quantitative estimate of drug-likeness (QED) is 0.619. The van der Waals surface area contributed by atoms with E-state index in [9.17, 15) is 0 Å². The van der Waals surface area contributed by atoms with Gasteiger partial charge in [0.05, 0.1) is 0 Å². The maximum Gasteiger partial charge on any atom is 0.0110 e. The molecule has 2 N–H and O–H groups in total. The predicted molar refractivity (Wildman–Crippen MR) is 91.9 cm³/mol. The van der Waals surface area contributed by atoms with E-state index in [1.54, 1.807) is 0 Å². The molecule has 0 bridgehead atoms. The molecule has 1 aliphatic carbocycles. The molecule has 1 saturated carbocycles. The molecule has 0 radical (unpaired) electrons. The normalized spacial score (nSPS) is 29.6. The van der Waals surface area contributed by atoms with Crippen LogP contribution in [-0.4, -0.2) is 30.9 Å². The first-order valence-electron chi connectivity index (χ1n) is 8.58. The minimum atomic E-state index is 0.747. The van der Waals surface area contributed by atoms with Crippen molar-refractivity contribution in [3.63, 3.8) is 0 Å². The van der Waals surface area contributed by atoms with Crippen LogP contribution in [0.1, 0.15) is 38.5 Å². The van der Waals surface area contributed by atoms with Gasteiger partial charge in [-0.05, 0) is 50.3 Å². The van der Waals surface area contributed by atoms with Gasteiger partial charge in [-0.2, -0.15) is 0 Å². The van der Waals surface area contributed by atoms with Gasteiger partial charge < -0.3 is 10.6 Å². The fraction of sp³-hybridized carbons (Fsp3) is 0.667. The Balaban J connectivity index is 1.39. The second-order valence-corrected chi connectivity index (χ2v) is 7.54. The van der Waals surface area contributed by atoms with E-state index in [2.05, 4.69) is 41.0 Å². The van der Waals surface area contributed by atoms with Crippen molar-refractivity contribution >= 4 is 11.8 Å². The highest BCUT2D eigenvalue weighted by molar-refractivity contribution is 7.99. The molecule has 0 spiro atoms. The van der Waals surface area contributed by atoms with Gasteiger partial charge >= 0.3 is 0 Å². The summed E-state index contributed by atoms with van der Waals surface area (Å²) in [6, 6.07) is 12.3. The van der Waals surface area contributed by atoms with Gasteiger partial charge in [0.2, 0.25) is 0 Å². The van der Waals surface area contributed by atoms with Crippen molar-refractivity contribution < 1.29 is 0 Å².